The lowest BCUT2D eigenvalue weighted by Gasteiger charge is -2.59. The quantitative estimate of drug-likeness (QED) is 0.706. The Morgan fingerprint density at radius 2 is 2.00 bits per heavy atom. The second-order valence-corrected chi connectivity index (χ2v) is 9.19. The molecule has 0 spiro atoms. The molecule has 0 aromatic carbocycles. The summed E-state index contributed by atoms with van der Waals surface area (Å²) in [4.78, 5) is 37.6. The number of carbonyl (C=O) groups excluding carboxylic acids is 3. The van der Waals surface area contributed by atoms with E-state index in [1.54, 1.807) is 13.8 Å². The third kappa shape index (κ3) is 1.90. The average molecular weight is 388 g/mol. The molecule has 0 saturated heterocycles. The van der Waals surface area contributed by atoms with Crippen LogP contribution in [0.25, 0.3) is 0 Å². The highest BCUT2D eigenvalue weighted by atomic mass is 19.1. The molecule has 0 heterocycles. The molecule has 0 aliphatic heterocycles. The van der Waals surface area contributed by atoms with E-state index in [4.69, 9.17) is 0 Å². The summed E-state index contributed by atoms with van der Waals surface area (Å²) in [5.74, 6) is -2.85. The summed E-state index contributed by atoms with van der Waals surface area (Å²) >= 11 is 0. The fraction of sp³-hybridized carbons (Fsp3) is 0.591. The maximum Gasteiger partial charge on any atom is 0.194 e. The largest absolute Gasteiger partial charge is 0.388 e. The standard InChI is InChI=1S/C22H25FO5/c1-12-8-16-15-5-4-13-9-14(25)6-7-19(13,2)21(15,23)17(26)10-20(16,3)22(12,28)18(27)11-24/h6-7,9,15-16,24,28H,1,4-5,8,10-11H2,2-3H3/t15-,16-,19-,20-,21-,22-/m0/s1. The molecule has 4 rings (SSSR count). The highest BCUT2D eigenvalue weighted by molar-refractivity contribution is 6.03. The van der Waals surface area contributed by atoms with Gasteiger partial charge in [-0.15, -0.1) is 0 Å². The second kappa shape index (κ2) is 5.57. The molecule has 0 unspecified atom stereocenters. The Labute approximate surface area is 163 Å². The Bertz CT molecular complexity index is 887. The van der Waals surface area contributed by atoms with Gasteiger partial charge in [0.15, 0.2) is 28.6 Å². The molecule has 0 aromatic rings. The van der Waals surface area contributed by atoms with Crippen molar-refractivity contribution in [3.05, 3.63) is 36.0 Å². The van der Waals surface area contributed by atoms with Gasteiger partial charge in [-0.2, -0.15) is 0 Å². The molecular weight excluding hydrogens is 363 g/mol. The van der Waals surface area contributed by atoms with Gasteiger partial charge in [-0.3, -0.25) is 14.4 Å². The summed E-state index contributed by atoms with van der Waals surface area (Å²) in [6.45, 7) is 6.28. The highest BCUT2D eigenvalue weighted by Gasteiger charge is 2.75. The normalized spacial score (nSPS) is 47.3. The molecule has 28 heavy (non-hydrogen) atoms. The Kier molecular flexibility index (Phi) is 3.86. The first-order chi connectivity index (χ1) is 13.0. The first-order valence-corrected chi connectivity index (χ1v) is 9.68. The third-order valence-corrected chi connectivity index (χ3v) is 8.15. The molecule has 5 nitrogen and oxygen atoms in total. The summed E-state index contributed by atoms with van der Waals surface area (Å²) in [5.41, 5.74) is -5.84. The van der Waals surface area contributed by atoms with Gasteiger partial charge in [0.05, 0.1) is 0 Å². The van der Waals surface area contributed by atoms with Crippen LogP contribution in [-0.4, -0.2) is 45.4 Å². The number of aliphatic hydroxyl groups is 2. The molecule has 4 aliphatic rings. The highest BCUT2D eigenvalue weighted by Crippen LogP contribution is 2.69. The van der Waals surface area contributed by atoms with Crippen LogP contribution in [0, 0.1) is 22.7 Å². The summed E-state index contributed by atoms with van der Waals surface area (Å²) in [6.07, 6.45) is 4.97. The Balaban J connectivity index is 1.86. The van der Waals surface area contributed by atoms with E-state index in [2.05, 4.69) is 6.58 Å². The molecule has 3 saturated carbocycles. The smallest absolute Gasteiger partial charge is 0.194 e. The van der Waals surface area contributed by atoms with Gasteiger partial charge in [-0.05, 0) is 49.8 Å². The lowest BCUT2D eigenvalue weighted by molar-refractivity contribution is -0.182. The summed E-state index contributed by atoms with van der Waals surface area (Å²) in [6, 6.07) is 0. The van der Waals surface area contributed by atoms with Crippen molar-refractivity contribution in [2.45, 2.75) is 50.8 Å². The van der Waals surface area contributed by atoms with Crippen LogP contribution in [0.2, 0.25) is 0 Å². The zero-order valence-electron chi connectivity index (χ0n) is 16.1. The van der Waals surface area contributed by atoms with Gasteiger partial charge in [0.25, 0.3) is 0 Å². The van der Waals surface area contributed by atoms with Gasteiger partial charge in [0.1, 0.15) is 6.61 Å². The van der Waals surface area contributed by atoms with Crippen molar-refractivity contribution in [2.24, 2.45) is 22.7 Å². The second-order valence-electron chi connectivity index (χ2n) is 9.19. The van der Waals surface area contributed by atoms with Crippen molar-refractivity contribution < 1.29 is 29.0 Å². The molecule has 0 amide bonds. The molecule has 0 bridgehead atoms. The van der Waals surface area contributed by atoms with E-state index >= 15 is 4.39 Å². The molecule has 2 N–H and O–H groups in total. The van der Waals surface area contributed by atoms with Crippen LogP contribution < -0.4 is 0 Å². The fourth-order valence-corrected chi connectivity index (χ4v) is 6.53. The van der Waals surface area contributed by atoms with Gasteiger partial charge < -0.3 is 10.2 Å². The van der Waals surface area contributed by atoms with Crippen molar-refractivity contribution in [2.75, 3.05) is 6.61 Å². The maximum atomic E-state index is 16.7. The SMILES string of the molecule is C=C1C[C@H]2[C@@H]3CCC4=CC(=O)C=C[C@]4(C)[C@@]3(F)C(=O)C[C@]2(C)[C@@]1(O)C(=O)CO. The van der Waals surface area contributed by atoms with E-state index in [1.807, 2.05) is 0 Å². The van der Waals surface area contributed by atoms with E-state index in [9.17, 15) is 24.6 Å². The third-order valence-electron chi connectivity index (χ3n) is 8.15. The van der Waals surface area contributed by atoms with Gasteiger partial charge in [0, 0.05) is 23.2 Å². The van der Waals surface area contributed by atoms with Gasteiger partial charge in [-0.1, -0.05) is 25.2 Å². The number of aliphatic hydroxyl groups excluding tert-OH is 1. The number of rotatable bonds is 2. The Morgan fingerprint density at radius 3 is 2.64 bits per heavy atom. The van der Waals surface area contributed by atoms with E-state index in [-0.39, 0.29) is 24.2 Å². The first-order valence-electron chi connectivity index (χ1n) is 9.68. The maximum absolute atomic E-state index is 16.7. The zero-order valence-corrected chi connectivity index (χ0v) is 16.1. The predicted octanol–water partition coefficient (Wildman–Crippen LogP) is 2.02. The molecule has 6 heteroatoms. The number of hydrogen-bond donors (Lipinski definition) is 2. The van der Waals surface area contributed by atoms with Gasteiger partial charge in [0.2, 0.25) is 0 Å². The van der Waals surface area contributed by atoms with Crippen LogP contribution in [0.3, 0.4) is 0 Å². The monoisotopic (exact) mass is 388 g/mol. The minimum atomic E-state index is -2.22. The number of allylic oxidation sites excluding steroid dienone is 4. The Hall–Kier alpha value is -1.92. The van der Waals surface area contributed by atoms with Crippen LogP contribution in [0.1, 0.15) is 39.5 Å². The van der Waals surface area contributed by atoms with Crippen molar-refractivity contribution in [3.63, 3.8) is 0 Å². The number of fused-ring (bicyclic) bond motifs is 5. The topological polar surface area (TPSA) is 91.7 Å². The molecule has 6 atom stereocenters. The van der Waals surface area contributed by atoms with E-state index < -0.39 is 52.1 Å². The summed E-state index contributed by atoms with van der Waals surface area (Å²) in [7, 11) is 0. The van der Waals surface area contributed by atoms with Crippen LogP contribution in [0.4, 0.5) is 4.39 Å². The van der Waals surface area contributed by atoms with Gasteiger partial charge in [-0.25, -0.2) is 4.39 Å². The Morgan fingerprint density at radius 1 is 1.32 bits per heavy atom. The molecule has 0 aromatic heterocycles. The molecule has 0 radical (unpaired) electrons. The van der Waals surface area contributed by atoms with E-state index in [1.165, 1.54) is 18.2 Å². The number of ketones is 3. The first kappa shape index (κ1) is 19.4. The number of halogens is 1. The van der Waals surface area contributed by atoms with E-state index in [0.29, 0.717) is 18.4 Å². The fourth-order valence-electron chi connectivity index (χ4n) is 6.53. The molecule has 150 valence electrons. The lowest BCUT2D eigenvalue weighted by Crippen LogP contribution is -2.67. The number of Topliss-reactive ketones (excluding diaryl/α,β-unsaturated/α-hetero) is 2. The van der Waals surface area contributed by atoms with Gasteiger partial charge >= 0.3 is 0 Å². The predicted molar refractivity (Wildman–Crippen MR) is 98.9 cm³/mol. The van der Waals surface area contributed by atoms with Crippen LogP contribution in [0.5, 0.6) is 0 Å². The minimum absolute atomic E-state index is 0.209. The zero-order chi connectivity index (χ0) is 20.7. The van der Waals surface area contributed by atoms with Crippen LogP contribution in [-0.2, 0) is 14.4 Å². The minimum Gasteiger partial charge on any atom is -0.388 e. The van der Waals surface area contributed by atoms with Crippen molar-refractivity contribution in [1.82, 2.24) is 0 Å². The van der Waals surface area contributed by atoms with Crippen LogP contribution in [0.15, 0.2) is 36.0 Å². The van der Waals surface area contributed by atoms with Crippen molar-refractivity contribution in [3.8, 4) is 0 Å². The van der Waals surface area contributed by atoms with Crippen molar-refractivity contribution >= 4 is 17.3 Å². The average Bonchev–Trinajstić information content (AvgIpc) is 2.84. The molecular formula is C22H25FO5. The number of hydrogen-bond acceptors (Lipinski definition) is 5. The molecule has 4 aliphatic carbocycles. The number of carbonyl (C=O) groups is 3. The van der Waals surface area contributed by atoms with E-state index in [0.717, 1.165) is 0 Å². The molecule has 3 fully saturated rings. The lowest BCUT2D eigenvalue weighted by atomic mass is 9.45. The summed E-state index contributed by atoms with van der Waals surface area (Å²) in [5, 5.41) is 20.6. The summed E-state index contributed by atoms with van der Waals surface area (Å²) < 4.78 is 16.7. The number of alkyl halides is 1. The van der Waals surface area contributed by atoms with Crippen LogP contribution >= 0.6 is 0 Å². The van der Waals surface area contributed by atoms with Crippen molar-refractivity contribution in [1.29, 1.82) is 0 Å².